The van der Waals surface area contributed by atoms with Crippen LogP contribution in [0.15, 0.2) is 90.1 Å². The van der Waals surface area contributed by atoms with Crippen molar-refractivity contribution in [3.8, 4) is 28.3 Å². The number of aromatic nitrogens is 2. The van der Waals surface area contributed by atoms with Crippen LogP contribution < -0.4 is 10.1 Å². The van der Waals surface area contributed by atoms with E-state index < -0.39 is 0 Å². The summed E-state index contributed by atoms with van der Waals surface area (Å²) in [5.74, 6) is 0.598. The molecule has 0 aliphatic heterocycles. The second-order valence-corrected chi connectivity index (χ2v) is 8.31. The van der Waals surface area contributed by atoms with Gasteiger partial charge in [0.1, 0.15) is 5.75 Å². The number of amides is 1. The first kappa shape index (κ1) is 20.8. The molecular formula is C25H23N3O2S. The highest BCUT2D eigenvalue weighted by Gasteiger charge is 2.20. The Bertz CT molecular complexity index is 1100. The molecule has 4 rings (SSSR count). The number of benzene rings is 3. The molecule has 1 amide bonds. The number of methoxy groups -OCH3 is 1. The number of aromatic amines is 1. The fraction of sp³-hybridized carbons (Fsp3) is 0.120. The number of nitrogens with zero attached hydrogens (tertiary/aromatic N) is 1. The van der Waals surface area contributed by atoms with Crippen molar-refractivity contribution >= 4 is 23.4 Å². The maximum atomic E-state index is 12.7. The maximum Gasteiger partial charge on any atom is 0.237 e. The van der Waals surface area contributed by atoms with E-state index in [0.29, 0.717) is 16.6 Å². The van der Waals surface area contributed by atoms with Gasteiger partial charge in [0.2, 0.25) is 5.91 Å². The Kier molecular flexibility index (Phi) is 6.38. The number of imidazole rings is 1. The summed E-state index contributed by atoms with van der Waals surface area (Å²) >= 11 is 1.40. The number of anilines is 1. The number of thioether (sulfide) groups is 1. The zero-order valence-electron chi connectivity index (χ0n) is 17.3. The van der Waals surface area contributed by atoms with Crippen molar-refractivity contribution in [3.05, 3.63) is 84.9 Å². The van der Waals surface area contributed by atoms with Crippen molar-refractivity contribution in [2.45, 2.75) is 17.3 Å². The van der Waals surface area contributed by atoms with Gasteiger partial charge in [0.15, 0.2) is 5.16 Å². The zero-order chi connectivity index (χ0) is 21.6. The molecule has 1 unspecified atom stereocenters. The predicted molar refractivity (Wildman–Crippen MR) is 126 cm³/mol. The van der Waals surface area contributed by atoms with Crippen molar-refractivity contribution in [2.75, 3.05) is 12.4 Å². The molecule has 0 saturated carbocycles. The Balaban J connectivity index is 1.56. The number of hydrogen-bond donors (Lipinski definition) is 2. The number of rotatable bonds is 7. The van der Waals surface area contributed by atoms with Crippen molar-refractivity contribution in [1.82, 2.24) is 9.97 Å². The van der Waals surface area contributed by atoms with Gasteiger partial charge in [-0.15, -0.1) is 0 Å². The maximum absolute atomic E-state index is 12.7. The Morgan fingerprint density at radius 3 is 2.32 bits per heavy atom. The number of carbonyl (C=O) groups is 1. The standard InChI is InChI=1S/C25H23N3O2S/c1-17(24(29)26-20-14-9-15-21(16-20)30-2)31-25-27-22(18-10-5-3-6-11-18)23(28-25)19-12-7-4-8-13-19/h3-17H,1-2H3,(H,26,29)(H,27,28). The first-order chi connectivity index (χ1) is 15.1. The Morgan fingerprint density at radius 2 is 1.65 bits per heavy atom. The van der Waals surface area contributed by atoms with E-state index in [-0.39, 0.29) is 11.2 Å². The lowest BCUT2D eigenvalue weighted by molar-refractivity contribution is -0.115. The average molecular weight is 430 g/mol. The van der Waals surface area contributed by atoms with E-state index >= 15 is 0 Å². The molecule has 0 spiro atoms. The molecule has 31 heavy (non-hydrogen) atoms. The summed E-state index contributed by atoms with van der Waals surface area (Å²) in [5.41, 5.74) is 4.59. The molecule has 6 heteroatoms. The molecule has 0 saturated heterocycles. The first-order valence-electron chi connectivity index (χ1n) is 9.96. The van der Waals surface area contributed by atoms with Gasteiger partial charge in [-0.2, -0.15) is 0 Å². The zero-order valence-corrected chi connectivity index (χ0v) is 18.1. The van der Waals surface area contributed by atoms with Crippen LogP contribution in [-0.2, 0) is 4.79 Å². The summed E-state index contributed by atoms with van der Waals surface area (Å²) in [7, 11) is 1.60. The van der Waals surface area contributed by atoms with E-state index in [2.05, 4.69) is 10.3 Å². The summed E-state index contributed by atoms with van der Waals surface area (Å²) in [5, 5.41) is 3.30. The van der Waals surface area contributed by atoms with Crippen LogP contribution in [0.1, 0.15) is 6.92 Å². The van der Waals surface area contributed by atoms with Gasteiger partial charge in [-0.1, -0.05) is 78.5 Å². The topological polar surface area (TPSA) is 67.0 Å². The van der Waals surface area contributed by atoms with E-state index in [4.69, 9.17) is 9.72 Å². The normalized spacial score (nSPS) is 11.7. The van der Waals surface area contributed by atoms with Crippen molar-refractivity contribution in [1.29, 1.82) is 0 Å². The molecule has 5 nitrogen and oxygen atoms in total. The Hall–Kier alpha value is -3.51. The van der Waals surface area contributed by atoms with Crippen molar-refractivity contribution in [3.63, 3.8) is 0 Å². The van der Waals surface area contributed by atoms with E-state index in [9.17, 15) is 4.79 Å². The fourth-order valence-corrected chi connectivity index (χ4v) is 4.00. The van der Waals surface area contributed by atoms with Gasteiger partial charge in [-0.05, 0) is 19.1 Å². The molecule has 2 N–H and O–H groups in total. The Labute approximate surface area is 185 Å². The highest BCUT2D eigenvalue weighted by atomic mass is 32.2. The second kappa shape index (κ2) is 9.53. The van der Waals surface area contributed by atoms with Crippen LogP contribution in [0.25, 0.3) is 22.5 Å². The third-order valence-electron chi connectivity index (χ3n) is 4.79. The van der Waals surface area contributed by atoms with Crippen LogP contribution in [0.2, 0.25) is 0 Å². The molecular weight excluding hydrogens is 406 g/mol. The second-order valence-electron chi connectivity index (χ2n) is 6.98. The van der Waals surface area contributed by atoms with Gasteiger partial charge in [-0.25, -0.2) is 4.98 Å². The number of carbonyl (C=O) groups excluding carboxylic acids is 1. The van der Waals surface area contributed by atoms with Gasteiger partial charge in [0, 0.05) is 22.9 Å². The van der Waals surface area contributed by atoms with E-state index in [1.54, 1.807) is 13.2 Å². The third-order valence-corrected chi connectivity index (χ3v) is 5.77. The van der Waals surface area contributed by atoms with E-state index in [1.165, 1.54) is 11.8 Å². The SMILES string of the molecule is COc1cccc(NC(=O)C(C)Sc2nc(-c3ccccc3)c(-c3ccccc3)[nH]2)c1. The smallest absolute Gasteiger partial charge is 0.237 e. The van der Waals surface area contributed by atoms with Gasteiger partial charge in [0.05, 0.1) is 23.7 Å². The minimum atomic E-state index is -0.343. The van der Waals surface area contributed by atoms with E-state index in [1.807, 2.05) is 85.8 Å². The number of H-pyrrole nitrogens is 1. The van der Waals surface area contributed by atoms with Crippen LogP contribution in [0.5, 0.6) is 5.75 Å². The summed E-state index contributed by atoms with van der Waals surface area (Å²) in [6.07, 6.45) is 0. The van der Waals surface area contributed by atoms with Crippen molar-refractivity contribution in [2.24, 2.45) is 0 Å². The van der Waals surface area contributed by atoms with Crippen LogP contribution in [-0.4, -0.2) is 28.2 Å². The molecule has 1 atom stereocenters. The molecule has 0 radical (unpaired) electrons. The Morgan fingerprint density at radius 1 is 0.968 bits per heavy atom. The quantitative estimate of drug-likeness (QED) is 0.361. The molecule has 4 aromatic rings. The molecule has 0 fully saturated rings. The summed E-state index contributed by atoms with van der Waals surface area (Å²) in [4.78, 5) is 21.0. The van der Waals surface area contributed by atoms with Crippen LogP contribution in [0.4, 0.5) is 5.69 Å². The lowest BCUT2D eigenvalue weighted by Crippen LogP contribution is -2.22. The first-order valence-corrected chi connectivity index (χ1v) is 10.8. The molecule has 0 aliphatic rings. The van der Waals surface area contributed by atoms with Crippen LogP contribution in [0.3, 0.4) is 0 Å². The number of ether oxygens (including phenoxy) is 1. The van der Waals surface area contributed by atoms with Crippen molar-refractivity contribution < 1.29 is 9.53 Å². The monoisotopic (exact) mass is 429 g/mol. The van der Waals surface area contributed by atoms with Crippen LogP contribution >= 0.6 is 11.8 Å². The largest absolute Gasteiger partial charge is 0.497 e. The third kappa shape index (κ3) is 4.98. The lowest BCUT2D eigenvalue weighted by Gasteiger charge is -2.11. The molecule has 1 heterocycles. The summed E-state index contributed by atoms with van der Waals surface area (Å²) in [6.45, 7) is 1.87. The number of hydrogen-bond acceptors (Lipinski definition) is 4. The summed E-state index contributed by atoms with van der Waals surface area (Å²) in [6, 6.07) is 27.5. The lowest BCUT2D eigenvalue weighted by atomic mass is 10.1. The predicted octanol–water partition coefficient (Wildman–Crippen LogP) is 5.87. The van der Waals surface area contributed by atoms with Gasteiger partial charge in [-0.3, -0.25) is 4.79 Å². The highest BCUT2D eigenvalue weighted by molar-refractivity contribution is 8.00. The van der Waals surface area contributed by atoms with Gasteiger partial charge in [0.25, 0.3) is 0 Å². The molecule has 3 aromatic carbocycles. The molecule has 0 bridgehead atoms. The van der Waals surface area contributed by atoms with Crippen LogP contribution in [0, 0.1) is 0 Å². The average Bonchev–Trinajstić information content (AvgIpc) is 3.24. The van der Waals surface area contributed by atoms with Gasteiger partial charge >= 0.3 is 0 Å². The molecule has 0 aliphatic carbocycles. The summed E-state index contributed by atoms with van der Waals surface area (Å²) < 4.78 is 5.22. The van der Waals surface area contributed by atoms with Gasteiger partial charge < -0.3 is 15.0 Å². The highest BCUT2D eigenvalue weighted by Crippen LogP contribution is 2.34. The minimum absolute atomic E-state index is 0.0998. The fourth-order valence-electron chi connectivity index (χ4n) is 3.19. The molecule has 156 valence electrons. The number of nitrogens with one attached hydrogen (secondary N) is 2. The van der Waals surface area contributed by atoms with E-state index in [0.717, 1.165) is 22.5 Å². The minimum Gasteiger partial charge on any atom is -0.497 e. The molecule has 1 aromatic heterocycles.